The summed E-state index contributed by atoms with van der Waals surface area (Å²) in [6.07, 6.45) is -3.01. The van der Waals surface area contributed by atoms with E-state index < -0.39 is 71.9 Å². The van der Waals surface area contributed by atoms with Crippen LogP contribution in [0.3, 0.4) is 0 Å². The van der Waals surface area contributed by atoms with Gasteiger partial charge in [0.2, 0.25) is 11.7 Å². The number of rotatable bonds is 6. The molecule has 202 valence electrons. The Hall–Kier alpha value is -3.36. The van der Waals surface area contributed by atoms with Gasteiger partial charge in [-0.15, -0.1) is 5.10 Å². The molecule has 2 aliphatic heterocycles. The Balaban J connectivity index is 1.55. The molecule has 1 aromatic heterocycles. The van der Waals surface area contributed by atoms with Crippen LogP contribution in [0.4, 0.5) is 13.2 Å². The number of amides is 1. The van der Waals surface area contributed by atoms with Crippen molar-refractivity contribution in [3.63, 3.8) is 0 Å². The number of halogens is 3. The zero-order chi connectivity index (χ0) is 27.2. The third kappa shape index (κ3) is 4.25. The first-order valence-electron chi connectivity index (χ1n) is 11.9. The highest BCUT2D eigenvalue weighted by Gasteiger charge is 2.63. The minimum Gasteiger partial charge on any atom is -0.394 e. The lowest BCUT2D eigenvalue weighted by Crippen LogP contribution is -2.66. The summed E-state index contributed by atoms with van der Waals surface area (Å²) in [5, 5.41) is 40.4. The van der Waals surface area contributed by atoms with Crippen LogP contribution in [0.2, 0.25) is 0 Å². The Morgan fingerprint density at radius 3 is 2.50 bits per heavy atom. The van der Waals surface area contributed by atoms with Crippen molar-refractivity contribution in [3.8, 4) is 11.3 Å². The third-order valence-corrected chi connectivity index (χ3v) is 7.22. The van der Waals surface area contributed by atoms with Crippen molar-refractivity contribution in [1.29, 1.82) is 0 Å². The second kappa shape index (κ2) is 10.1. The number of aliphatic hydroxyl groups excluding tert-OH is 3. The number of nitrogens with two attached hydrogens (primary N) is 1. The number of hydrogen-bond donors (Lipinski definition) is 4. The molecule has 0 bridgehead atoms. The van der Waals surface area contributed by atoms with E-state index in [-0.39, 0.29) is 24.3 Å². The van der Waals surface area contributed by atoms with E-state index in [9.17, 15) is 33.3 Å². The number of aliphatic hydroxyl groups is 3. The fourth-order valence-corrected chi connectivity index (χ4v) is 5.46. The molecule has 2 fully saturated rings. The molecule has 0 radical (unpaired) electrons. The molecule has 2 aliphatic rings. The van der Waals surface area contributed by atoms with Gasteiger partial charge in [-0.2, -0.15) is 0 Å². The zero-order valence-electron chi connectivity index (χ0n) is 19.8. The van der Waals surface area contributed by atoms with Crippen molar-refractivity contribution in [2.24, 2.45) is 11.7 Å². The molecule has 1 amide bonds. The van der Waals surface area contributed by atoms with E-state index in [0.29, 0.717) is 5.56 Å². The van der Waals surface area contributed by atoms with Gasteiger partial charge in [0.15, 0.2) is 17.5 Å². The van der Waals surface area contributed by atoms with Crippen molar-refractivity contribution in [3.05, 3.63) is 71.7 Å². The lowest BCUT2D eigenvalue weighted by Gasteiger charge is -2.50. The van der Waals surface area contributed by atoms with E-state index in [1.54, 1.807) is 30.3 Å². The van der Waals surface area contributed by atoms with E-state index in [0.717, 1.165) is 16.8 Å². The van der Waals surface area contributed by atoms with Crippen LogP contribution in [0.5, 0.6) is 0 Å². The second-order valence-corrected chi connectivity index (χ2v) is 9.36. The van der Waals surface area contributed by atoms with Gasteiger partial charge in [0.1, 0.15) is 30.0 Å². The lowest BCUT2D eigenvalue weighted by atomic mass is 9.74. The summed E-state index contributed by atoms with van der Waals surface area (Å²) in [7, 11) is 0. The van der Waals surface area contributed by atoms with Crippen LogP contribution in [0.25, 0.3) is 11.3 Å². The molecule has 0 aliphatic carbocycles. The fraction of sp³-hybridized carbons (Fsp3) is 0.400. The van der Waals surface area contributed by atoms with Gasteiger partial charge in [-0.3, -0.25) is 4.79 Å². The highest BCUT2D eigenvalue weighted by molar-refractivity contribution is 5.82. The van der Waals surface area contributed by atoms with Crippen molar-refractivity contribution in [2.45, 2.75) is 42.5 Å². The van der Waals surface area contributed by atoms with Gasteiger partial charge in [-0.1, -0.05) is 35.5 Å². The molecule has 10 nitrogen and oxygen atoms in total. The van der Waals surface area contributed by atoms with Gasteiger partial charge in [0, 0.05) is 11.5 Å². The monoisotopic (exact) mass is 534 g/mol. The summed E-state index contributed by atoms with van der Waals surface area (Å²) in [4.78, 5) is 12.6. The summed E-state index contributed by atoms with van der Waals surface area (Å²) in [5.41, 5.74) is 6.14. The predicted octanol–water partition coefficient (Wildman–Crippen LogP) is 1.02. The van der Waals surface area contributed by atoms with E-state index in [2.05, 4.69) is 10.3 Å². The van der Waals surface area contributed by atoms with Crippen molar-refractivity contribution in [1.82, 2.24) is 15.0 Å². The predicted molar refractivity (Wildman–Crippen MR) is 124 cm³/mol. The molecule has 5 rings (SSSR count). The molecular formula is C25H25F3N4O6. The molecule has 2 aromatic carbocycles. The number of carbonyl (C=O) groups is 1. The van der Waals surface area contributed by atoms with Crippen LogP contribution in [0.1, 0.15) is 23.9 Å². The molecular weight excluding hydrogens is 509 g/mol. The van der Waals surface area contributed by atoms with Gasteiger partial charge in [0.25, 0.3) is 0 Å². The number of benzene rings is 2. The van der Waals surface area contributed by atoms with Crippen LogP contribution in [-0.4, -0.2) is 73.5 Å². The minimum absolute atomic E-state index is 0.0773. The van der Waals surface area contributed by atoms with Crippen LogP contribution >= 0.6 is 0 Å². The topological polar surface area (TPSA) is 153 Å². The SMILES string of the molecule is NC(=O)C(c1ccccc1)[C@H]1CCO[C@]12O[C@H](CO)[C@H](O)[C@H](n1cc(-c3cc(F)c(F)c(F)c3)nn1)[C@H]2O. The fourth-order valence-electron chi connectivity index (χ4n) is 5.46. The Kier molecular flexibility index (Phi) is 6.96. The first-order valence-corrected chi connectivity index (χ1v) is 11.9. The quantitative estimate of drug-likeness (QED) is 0.342. The first-order chi connectivity index (χ1) is 18.2. The zero-order valence-corrected chi connectivity index (χ0v) is 19.8. The molecule has 2 saturated heterocycles. The standard InChI is InChI=1S/C25H25F3N4O6/c26-15-8-13(9-16(27)20(15)28)17-10-32(31-30-17)21-22(34)18(11-33)38-25(23(21)35)14(6-7-37-25)19(24(29)36)12-4-2-1-3-5-12/h1-5,8-10,14,18-19,21-23,33-35H,6-7,11H2,(H2,29,36)/t14-,18-,19?,21+,22+,23-,25+/m1/s1. The first kappa shape index (κ1) is 26.3. The Bertz CT molecular complexity index is 1300. The Labute approximate surface area is 214 Å². The number of ether oxygens (including phenoxy) is 2. The van der Waals surface area contributed by atoms with E-state index in [1.807, 2.05) is 0 Å². The molecule has 1 spiro atoms. The maximum absolute atomic E-state index is 13.8. The summed E-state index contributed by atoms with van der Waals surface area (Å²) in [5.74, 6) is -8.83. The average Bonchev–Trinajstić information content (AvgIpc) is 3.54. The molecule has 7 atom stereocenters. The van der Waals surface area contributed by atoms with Gasteiger partial charge in [-0.05, 0) is 24.1 Å². The van der Waals surface area contributed by atoms with Crippen LogP contribution in [0.15, 0.2) is 48.7 Å². The lowest BCUT2D eigenvalue weighted by molar-refractivity contribution is -0.354. The normalized spacial score (nSPS) is 30.0. The minimum atomic E-state index is -1.88. The third-order valence-electron chi connectivity index (χ3n) is 7.22. The number of nitrogens with zero attached hydrogens (tertiary/aromatic N) is 3. The molecule has 13 heteroatoms. The second-order valence-electron chi connectivity index (χ2n) is 9.36. The smallest absolute Gasteiger partial charge is 0.225 e. The van der Waals surface area contributed by atoms with Crippen LogP contribution in [0, 0.1) is 23.4 Å². The van der Waals surface area contributed by atoms with E-state index in [4.69, 9.17) is 15.2 Å². The van der Waals surface area contributed by atoms with Gasteiger partial charge < -0.3 is 30.5 Å². The number of carbonyl (C=O) groups excluding carboxylic acids is 1. The molecule has 5 N–H and O–H groups in total. The molecule has 3 heterocycles. The number of primary amides is 1. The summed E-state index contributed by atoms with van der Waals surface area (Å²) >= 11 is 0. The molecule has 38 heavy (non-hydrogen) atoms. The van der Waals surface area contributed by atoms with Crippen molar-refractivity contribution >= 4 is 5.91 Å². The highest BCUT2D eigenvalue weighted by Crippen LogP contribution is 2.50. The largest absolute Gasteiger partial charge is 0.394 e. The average molecular weight is 534 g/mol. The maximum atomic E-state index is 13.8. The van der Waals surface area contributed by atoms with Gasteiger partial charge >= 0.3 is 0 Å². The summed E-state index contributed by atoms with van der Waals surface area (Å²) in [6.45, 7) is -0.596. The van der Waals surface area contributed by atoms with Crippen molar-refractivity contribution in [2.75, 3.05) is 13.2 Å². The molecule has 3 aromatic rings. The van der Waals surface area contributed by atoms with E-state index in [1.165, 1.54) is 6.20 Å². The van der Waals surface area contributed by atoms with Gasteiger partial charge in [0.05, 0.1) is 25.3 Å². The van der Waals surface area contributed by atoms with Crippen LogP contribution < -0.4 is 5.73 Å². The Morgan fingerprint density at radius 1 is 1.18 bits per heavy atom. The summed E-state index contributed by atoms with van der Waals surface area (Å²) < 4.78 is 53.9. The number of hydrogen-bond acceptors (Lipinski definition) is 8. The molecule has 1 unspecified atom stereocenters. The number of aromatic nitrogens is 3. The summed E-state index contributed by atoms with van der Waals surface area (Å²) in [6, 6.07) is 8.77. The van der Waals surface area contributed by atoms with Crippen molar-refractivity contribution < 1.29 is 42.8 Å². The highest BCUT2D eigenvalue weighted by atomic mass is 19.2. The molecule has 0 saturated carbocycles. The van der Waals surface area contributed by atoms with Crippen LogP contribution in [-0.2, 0) is 14.3 Å². The van der Waals surface area contributed by atoms with Gasteiger partial charge in [-0.25, -0.2) is 17.9 Å². The van der Waals surface area contributed by atoms with E-state index >= 15 is 0 Å². The Morgan fingerprint density at radius 2 is 1.87 bits per heavy atom. The maximum Gasteiger partial charge on any atom is 0.225 e.